The van der Waals surface area contributed by atoms with Crippen molar-refractivity contribution in [1.82, 2.24) is 0 Å². The predicted molar refractivity (Wildman–Crippen MR) is 85.2 cm³/mol. The first-order valence-electron chi connectivity index (χ1n) is 5.17. The maximum atomic E-state index is 11.4. The molecule has 1 unspecified atom stereocenters. The van der Waals surface area contributed by atoms with Crippen LogP contribution in [0.25, 0.3) is 0 Å². The Labute approximate surface area is 135 Å². The topological polar surface area (TPSA) is 49.3 Å². The van der Waals surface area contributed by atoms with Crippen molar-refractivity contribution in [3.8, 4) is 0 Å². The second kappa shape index (κ2) is 6.26. The molecule has 0 amide bonds. The van der Waals surface area contributed by atoms with E-state index in [4.69, 9.17) is 11.6 Å². The van der Waals surface area contributed by atoms with E-state index in [-0.39, 0.29) is 0 Å². The molecule has 0 aliphatic carbocycles. The number of carboxylic acids is 1. The number of para-hydroxylation sites is 1. The Morgan fingerprint density at radius 3 is 2.53 bits per heavy atom. The molecule has 0 bridgehead atoms. The summed E-state index contributed by atoms with van der Waals surface area (Å²) >= 11 is 13.9. The van der Waals surface area contributed by atoms with Gasteiger partial charge in [-0.15, -0.1) is 11.3 Å². The maximum Gasteiger partial charge on any atom is 0.331 e. The number of benzene rings is 1. The third kappa shape index (κ3) is 3.51. The summed E-state index contributed by atoms with van der Waals surface area (Å²) in [4.78, 5) is 12.0. The number of halogens is 3. The molecule has 1 aromatic carbocycles. The minimum Gasteiger partial charge on any atom is -0.479 e. The van der Waals surface area contributed by atoms with Gasteiger partial charge in [-0.2, -0.15) is 0 Å². The molecule has 0 aliphatic rings. The number of hydrogen-bond acceptors (Lipinski definition) is 3. The van der Waals surface area contributed by atoms with Gasteiger partial charge in [-0.1, -0.05) is 23.7 Å². The van der Waals surface area contributed by atoms with Crippen LogP contribution in [0.4, 0.5) is 5.69 Å². The summed E-state index contributed by atoms with van der Waals surface area (Å²) in [5.41, 5.74) is 0.718. The summed E-state index contributed by atoms with van der Waals surface area (Å²) < 4.78 is 2.05. The molecule has 0 saturated heterocycles. The predicted octanol–water partition coefficient (Wildman–Crippen LogP) is 5.16. The molecule has 2 rings (SSSR count). The van der Waals surface area contributed by atoms with E-state index in [1.54, 1.807) is 6.07 Å². The average Bonchev–Trinajstić information content (AvgIpc) is 2.68. The first-order chi connectivity index (χ1) is 8.99. The summed E-state index contributed by atoms with van der Waals surface area (Å²) in [7, 11) is 0. The van der Waals surface area contributed by atoms with Crippen LogP contribution >= 0.6 is 54.8 Å². The number of carboxylic acid groups (broad SMARTS) is 1. The highest BCUT2D eigenvalue weighted by Crippen LogP contribution is 2.37. The lowest BCUT2D eigenvalue weighted by Gasteiger charge is -2.15. The average molecular weight is 426 g/mol. The van der Waals surface area contributed by atoms with Crippen molar-refractivity contribution in [2.24, 2.45) is 0 Å². The van der Waals surface area contributed by atoms with Crippen molar-refractivity contribution in [1.29, 1.82) is 0 Å². The Balaban J connectivity index is 2.32. The Morgan fingerprint density at radius 1 is 1.32 bits per heavy atom. The van der Waals surface area contributed by atoms with Crippen LogP contribution < -0.4 is 5.32 Å². The van der Waals surface area contributed by atoms with Crippen LogP contribution in [-0.2, 0) is 4.79 Å². The largest absolute Gasteiger partial charge is 0.479 e. The number of anilines is 1. The van der Waals surface area contributed by atoms with Gasteiger partial charge < -0.3 is 10.4 Å². The molecular weight excluding hydrogens is 417 g/mol. The van der Waals surface area contributed by atoms with Crippen LogP contribution in [0.3, 0.4) is 0 Å². The molecule has 1 heterocycles. The minimum atomic E-state index is -0.957. The van der Waals surface area contributed by atoms with Gasteiger partial charge in [0.05, 0.1) is 0 Å². The normalized spacial score (nSPS) is 12.2. The highest BCUT2D eigenvalue weighted by atomic mass is 79.9. The Morgan fingerprint density at radius 2 is 2.00 bits per heavy atom. The van der Waals surface area contributed by atoms with Crippen LogP contribution in [0.2, 0.25) is 4.34 Å². The van der Waals surface area contributed by atoms with E-state index < -0.39 is 12.0 Å². The molecule has 1 atom stereocenters. The summed E-state index contributed by atoms with van der Waals surface area (Å²) in [6, 6.07) is 8.23. The van der Waals surface area contributed by atoms with Crippen LogP contribution in [0.5, 0.6) is 0 Å². The highest BCUT2D eigenvalue weighted by Gasteiger charge is 2.23. The zero-order chi connectivity index (χ0) is 14.0. The molecule has 2 aromatic rings. The lowest BCUT2D eigenvalue weighted by Crippen LogP contribution is -2.19. The fourth-order valence-corrected chi connectivity index (χ4v) is 3.67. The molecule has 0 aliphatic heterocycles. The maximum absolute atomic E-state index is 11.4. The van der Waals surface area contributed by atoms with E-state index in [1.807, 2.05) is 24.3 Å². The number of nitrogens with one attached hydrogen (secondary N) is 1. The number of carbonyl (C=O) groups is 1. The quantitative estimate of drug-likeness (QED) is 0.711. The Kier molecular flexibility index (Phi) is 4.89. The zero-order valence-electron chi connectivity index (χ0n) is 9.36. The van der Waals surface area contributed by atoms with Crippen LogP contribution in [0.1, 0.15) is 10.9 Å². The van der Waals surface area contributed by atoms with Crippen LogP contribution in [0, 0.1) is 0 Å². The third-order valence-corrected chi connectivity index (χ3v) is 5.60. The van der Waals surface area contributed by atoms with E-state index in [0.717, 1.165) is 10.2 Å². The third-order valence-electron chi connectivity index (χ3n) is 2.37. The van der Waals surface area contributed by atoms with Crippen molar-refractivity contribution in [3.63, 3.8) is 0 Å². The molecule has 7 heteroatoms. The number of rotatable bonds is 4. The SMILES string of the molecule is O=C(O)C(Nc1ccccc1Br)c1cc(Br)c(Cl)s1. The number of aliphatic carboxylic acids is 1. The Hall–Kier alpha value is -0.560. The molecule has 0 fully saturated rings. The monoisotopic (exact) mass is 423 g/mol. The van der Waals surface area contributed by atoms with E-state index in [1.165, 1.54) is 11.3 Å². The summed E-state index contributed by atoms with van der Waals surface area (Å²) in [5, 5.41) is 12.3. The van der Waals surface area contributed by atoms with E-state index in [0.29, 0.717) is 13.7 Å². The van der Waals surface area contributed by atoms with Crippen molar-refractivity contribution >= 4 is 66.5 Å². The van der Waals surface area contributed by atoms with Crippen molar-refractivity contribution in [2.75, 3.05) is 5.32 Å². The summed E-state index contributed by atoms with van der Waals surface area (Å²) in [5.74, 6) is -0.957. The van der Waals surface area contributed by atoms with E-state index in [9.17, 15) is 9.90 Å². The second-order valence-electron chi connectivity index (χ2n) is 3.67. The fraction of sp³-hybridized carbons (Fsp3) is 0.0833. The number of thiophene rings is 1. The van der Waals surface area contributed by atoms with Crippen LogP contribution in [0.15, 0.2) is 39.3 Å². The molecule has 0 radical (unpaired) electrons. The first-order valence-corrected chi connectivity index (χ1v) is 7.95. The summed E-state index contributed by atoms with van der Waals surface area (Å²) in [6.07, 6.45) is 0. The van der Waals surface area contributed by atoms with E-state index in [2.05, 4.69) is 37.2 Å². The first kappa shape index (κ1) is 14.8. The van der Waals surface area contributed by atoms with E-state index >= 15 is 0 Å². The molecule has 0 saturated carbocycles. The van der Waals surface area contributed by atoms with Gasteiger partial charge in [0.2, 0.25) is 0 Å². The van der Waals surface area contributed by atoms with Gasteiger partial charge >= 0.3 is 5.97 Å². The Bertz CT molecular complexity index is 598. The van der Waals surface area contributed by atoms with Gasteiger partial charge in [-0.05, 0) is 50.1 Å². The molecule has 3 nitrogen and oxygen atoms in total. The molecule has 2 N–H and O–H groups in total. The lowest BCUT2D eigenvalue weighted by molar-refractivity contribution is -0.138. The lowest BCUT2D eigenvalue weighted by atomic mass is 10.2. The number of hydrogen-bond donors (Lipinski definition) is 2. The van der Waals surface area contributed by atoms with Gasteiger partial charge in [0.15, 0.2) is 6.04 Å². The minimum absolute atomic E-state index is 0.537. The van der Waals surface area contributed by atoms with Gasteiger partial charge in [0, 0.05) is 19.5 Å². The van der Waals surface area contributed by atoms with Gasteiger partial charge in [-0.25, -0.2) is 4.79 Å². The zero-order valence-corrected chi connectivity index (χ0v) is 14.1. The molecule has 19 heavy (non-hydrogen) atoms. The smallest absolute Gasteiger partial charge is 0.331 e. The fourth-order valence-electron chi connectivity index (χ4n) is 1.49. The van der Waals surface area contributed by atoms with Crippen molar-refractivity contribution < 1.29 is 9.90 Å². The van der Waals surface area contributed by atoms with Crippen LogP contribution in [-0.4, -0.2) is 11.1 Å². The van der Waals surface area contributed by atoms with Gasteiger partial charge in [-0.3, -0.25) is 0 Å². The van der Waals surface area contributed by atoms with Crippen molar-refractivity contribution in [2.45, 2.75) is 6.04 Å². The second-order valence-corrected chi connectivity index (χ2v) is 7.06. The molecule has 100 valence electrons. The van der Waals surface area contributed by atoms with Gasteiger partial charge in [0.1, 0.15) is 4.34 Å². The highest BCUT2D eigenvalue weighted by molar-refractivity contribution is 9.11. The molecule has 0 spiro atoms. The van der Waals surface area contributed by atoms with Gasteiger partial charge in [0.25, 0.3) is 0 Å². The summed E-state index contributed by atoms with van der Waals surface area (Å²) in [6.45, 7) is 0. The van der Waals surface area contributed by atoms with Crippen molar-refractivity contribution in [3.05, 3.63) is 48.5 Å². The molecular formula is C12H8Br2ClNO2S. The standard InChI is InChI=1S/C12H8Br2ClNO2S/c13-6-3-1-2-4-8(6)16-10(12(17)18)9-5-7(14)11(15)19-9/h1-5,10,16H,(H,17,18). The molecule has 1 aromatic heterocycles.